The lowest BCUT2D eigenvalue weighted by Gasteiger charge is -2.43. The molecule has 2 aliphatic heterocycles. The summed E-state index contributed by atoms with van der Waals surface area (Å²) in [6.07, 6.45) is 4.61. The van der Waals surface area contributed by atoms with Crippen molar-refractivity contribution < 1.29 is 14.2 Å². The number of nitrogens with one attached hydrogen (secondary N) is 1. The van der Waals surface area contributed by atoms with Gasteiger partial charge in [0.2, 0.25) is 5.95 Å². The van der Waals surface area contributed by atoms with Gasteiger partial charge in [0.1, 0.15) is 28.7 Å². The number of hydrogen-bond donors (Lipinski definition) is 1. The Kier molecular flexibility index (Phi) is 5.61. The van der Waals surface area contributed by atoms with Gasteiger partial charge in [-0.3, -0.25) is 4.68 Å². The fraction of sp³-hybridized carbons (Fsp3) is 0.524. The summed E-state index contributed by atoms with van der Waals surface area (Å²) in [7, 11) is 17.5. The lowest BCUT2D eigenvalue weighted by atomic mass is 9.49. The van der Waals surface area contributed by atoms with Gasteiger partial charge in [0.25, 0.3) is 5.88 Å². The number of ether oxygens (including phenoxy) is 3. The lowest BCUT2D eigenvalue weighted by Crippen LogP contribution is -2.56. The molecular formula is C21H22B3N7O3. The summed E-state index contributed by atoms with van der Waals surface area (Å²) in [4.78, 5) is 9.12. The lowest BCUT2D eigenvalue weighted by molar-refractivity contribution is -0.208. The molecule has 2 aliphatic rings. The maximum atomic E-state index is 9.69. The minimum Gasteiger partial charge on any atom is -0.466 e. The summed E-state index contributed by atoms with van der Waals surface area (Å²) in [5.74, 6) is 0.543. The van der Waals surface area contributed by atoms with Crippen molar-refractivity contribution in [2.24, 2.45) is 0 Å². The van der Waals surface area contributed by atoms with Crippen LogP contribution in [0.4, 0.5) is 11.6 Å². The van der Waals surface area contributed by atoms with E-state index < -0.39 is 10.8 Å². The summed E-state index contributed by atoms with van der Waals surface area (Å²) in [5, 5.41) is 16.2. The molecule has 6 radical (unpaired) electrons. The molecule has 0 amide bonds. The molecule has 2 saturated heterocycles. The van der Waals surface area contributed by atoms with Crippen LogP contribution in [0.5, 0.6) is 5.88 Å². The molecule has 0 aromatic carbocycles. The SMILES string of the molecule is [B]C([B])([B])n1cc(Nc2ncc3cc(C#N)n(C4CCOCC4)c3n2)c(OC2COC2(C)C)n1. The van der Waals surface area contributed by atoms with Crippen molar-refractivity contribution in [3.05, 3.63) is 24.2 Å². The van der Waals surface area contributed by atoms with Crippen LogP contribution >= 0.6 is 0 Å². The summed E-state index contributed by atoms with van der Waals surface area (Å²) >= 11 is 0. The monoisotopic (exact) mass is 453 g/mol. The largest absolute Gasteiger partial charge is 0.466 e. The van der Waals surface area contributed by atoms with Crippen molar-refractivity contribution in [2.75, 3.05) is 25.1 Å². The third-order valence-corrected chi connectivity index (χ3v) is 6.21. The molecule has 0 saturated carbocycles. The average molecular weight is 453 g/mol. The van der Waals surface area contributed by atoms with E-state index in [9.17, 15) is 5.26 Å². The van der Waals surface area contributed by atoms with Crippen LogP contribution in [0, 0.1) is 11.3 Å². The topological polar surface area (TPSA) is 112 Å². The molecule has 1 atom stereocenters. The van der Waals surface area contributed by atoms with E-state index in [-0.39, 0.29) is 18.0 Å². The van der Waals surface area contributed by atoms with Gasteiger partial charge in [0.15, 0.2) is 6.10 Å². The van der Waals surface area contributed by atoms with E-state index in [2.05, 4.69) is 21.5 Å². The fourth-order valence-electron chi connectivity index (χ4n) is 4.11. The van der Waals surface area contributed by atoms with Crippen molar-refractivity contribution >= 4 is 46.2 Å². The number of hydrogen-bond acceptors (Lipinski definition) is 8. The standard InChI is InChI=1S/C21H22B3N7O3/c1-20(2)16(11-33-20)34-18-15(10-30(29-18)21(22,23)24)27-19-26-9-12-7-14(8-25)31(17(12)28-19)13-3-5-32-6-4-13/h7,9-10,13,16H,3-6,11H2,1-2H3,(H,26,27,28). The van der Waals surface area contributed by atoms with Crippen LogP contribution in [0.2, 0.25) is 0 Å². The first kappa shape index (κ1) is 22.8. The molecule has 0 aliphatic carbocycles. The molecule has 0 spiro atoms. The van der Waals surface area contributed by atoms with Crippen LogP contribution in [0.1, 0.15) is 38.4 Å². The quantitative estimate of drug-likeness (QED) is 0.556. The Morgan fingerprint density at radius 3 is 2.68 bits per heavy atom. The van der Waals surface area contributed by atoms with Gasteiger partial charge in [-0.25, -0.2) is 4.98 Å². The molecule has 34 heavy (non-hydrogen) atoms. The highest BCUT2D eigenvalue weighted by molar-refractivity contribution is 6.56. The molecular weight excluding hydrogens is 431 g/mol. The number of nitrogens with zero attached hydrogens (tertiary/aromatic N) is 6. The molecule has 5 heterocycles. The third-order valence-electron chi connectivity index (χ3n) is 6.21. The van der Waals surface area contributed by atoms with E-state index in [0.29, 0.717) is 42.8 Å². The second-order valence-corrected chi connectivity index (χ2v) is 9.15. The van der Waals surface area contributed by atoms with Gasteiger partial charge < -0.3 is 24.1 Å². The van der Waals surface area contributed by atoms with Crippen LogP contribution in [-0.2, 0) is 14.7 Å². The minimum absolute atomic E-state index is 0.124. The zero-order valence-electron chi connectivity index (χ0n) is 19.1. The smallest absolute Gasteiger partial charge is 0.257 e. The van der Waals surface area contributed by atoms with Crippen LogP contribution in [0.15, 0.2) is 18.5 Å². The molecule has 3 aromatic rings. The highest BCUT2D eigenvalue weighted by Crippen LogP contribution is 2.35. The average Bonchev–Trinajstić information content (AvgIpc) is 3.38. The third kappa shape index (κ3) is 4.16. The first-order valence-corrected chi connectivity index (χ1v) is 11.1. The Bertz CT molecular complexity index is 1250. The van der Waals surface area contributed by atoms with Crippen LogP contribution in [0.3, 0.4) is 0 Å². The fourth-order valence-corrected chi connectivity index (χ4v) is 4.11. The van der Waals surface area contributed by atoms with E-state index in [4.69, 9.17) is 42.7 Å². The van der Waals surface area contributed by atoms with E-state index in [1.165, 1.54) is 10.9 Å². The van der Waals surface area contributed by atoms with E-state index in [0.717, 1.165) is 18.2 Å². The predicted molar refractivity (Wildman–Crippen MR) is 127 cm³/mol. The molecule has 168 valence electrons. The van der Waals surface area contributed by atoms with Crippen LogP contribution in [0.25, 0.3) is 11.0 Å². The first-order chi connectivity index (χ1) is 16.2. The molecule has 1 N–H and O–H groups in total. The van der Waals surface area contributed by atoms with E-state index in [1.807, 2.05) is 18.4 Å². The predicted octanol–water partition coefficient (Wildman–Crippen LogP) is 1.22. The molecule has 2 fully saturated rings. The molecule has 10 nitrogen and oxygen atoms in total. The highest BCUT2D eigenvalue weighted by atomic mass is 16.6. The zero-order valence-corrected chi connectivity index (χ0v) is 19.1. The van der Waals surface area contributed by atoms with Gasteiger partial charge in [-0.2, -0.15) is 10.2 Å². The Hall–Kier alpha value is -2.97. The van der Waals surface area contributed by atoms with Gasteiger partial charge in [-0.15, -0.1) is 5.10 Å². The van der Waals surface area contributed by atoms with Gasteiger partial charge in [-0.05, 0) is 38.0 Å². The van der Waals surface area contributed by atoms with Crippen LogP contribution < -0.4 is 10.1 Å². The molecule has 3 aromatic heterocycles. The number of rotatable bonds is 6. The van der Waals surface area contributed by atoms with Gasteiger partial charge in [0.05, 0.1) is 36.3 Å². The summed E-state index contributed by atoms with van der Waals surface area (Å²) in [6, 6.07) is 4.19. The Balaban J connectivity index is 1.50. The minimum atomic E-state index is -1.73. The molecule has 13 heteroatoms. The van der Waals surface area contributed by atoms with Crippen LogP contribution in [-0.4, -0.2) is 79.4 Å². The van der Waals surface area contributed by atoms with Crippen molar-refractivity contribution in [3.8, 4) is 11.9 Å². The van der Waals surface area contributed by atoms with E-state index in [1.54, 1.807) is 12.3 Å². The maximum absolute atomic E-state index is 9.69. The number of anilines is 2. The summed E-state index contributed by atoms with van der Waals surface area (Å²) < 4.78 is 20.3. The number of fused-ring (bicyclic) bond motifs is 1. The highest BCUT2D eigenvalue weighted by Gasteiger charge is 2.43. The van der Waals surface area contributed by atoms with Crippen molar-refractivity contribution in [3.63, 3.8) is 0 Å². The van der Waals surface area contributed by atoms with Gasteiger partial charge in [-0.1, -0.05) is 0 Å². The summed E-state index contributed by atoms with van der Waals surface area (Å²) in [6.45, 7) is 5.57. The van der Waals surface area contributed by atoms with E-state index >= 15 is 0 Å². The number of aromatic nitrogens is 5. The van der Waals surface area contributed by atoms with Gasteiger partial charge in [0, 0.05) is 30.8 Å². The Morgan fingerprint density at radius 1 is 1.29 bits per heavy atom. The summed E-state index contributed by atoms with van der Waals surface area (Å²) in [5.41, 5.74) is 1.18. The maximum Gasteiger partial charge on any atom is 0.257 e. The van der Waals surface area contributed by atoms with Gasteiger partial charge >= 0.3 is 0 Å². The second kappa shape index (κ2) is 8.36. The molecule has 0 bridgehead atoms. The van der Waals surface area contributed by atoms with Crippen molar-refractivity contribution in [1.29, 1.82) is 5.26 Å². The Morgan fingerprint density at radius 2 is 2.06 bits per heavy atom. The normalized spacial score (nSPS) is 20.6. The van der Waals surface area contributed by atoms with Crippen molar-refractivity contribution in [1.82, 2.24) is 24.3 Å². The first-order valence-electron chi connectivity index (χ1n) is 11.1. The Labute approximate surface area is 201 Å². The second-order valence-electron chi connectivity index (χ2n) is 9.15. The molecule has 1 unspecified atom stereocenters. The molecule has 5 rings (SSSR count). The van der Waals surface area contributed by atoms with Crippen molar-refractivity contribution in [2.45, 2.75) is 49.7 Å². The number of nitriles is 1. The zero-order chi connectivity index (χ0) is 24.1.